The van der Waals surface area contributed by atoms with Gasteiger partial charge in [-0.2, -0.15) is 0 Å². The highest BCUT2D eigenvalue weighted by Gasteiger charge is 2.42. The van der Waals surface area contributed by atoms with Gasteiger partial charge in [0.15, 0.2) is 0 Å². The Balaban J connectivity index is 1.49. The van der Waals surface area contributed by atoms with Crippen LogP contribution in [-0.4, -0.2) is 43.7 Å². The number of nitrogens with zero attached hydrogens (tertiary/aromatic N) is 3. The van der Waals surface area contributed by atoms with Gasteiger partial charge in [0.2, 0.25) is 0 Å². The fraction of sp³-hybridized carbons (Fsp3) is 0.654. The molecule has 5 rings (SSSR count). The number of para-hydroxylation sites is 2. The van der Waals surface area contributed by atoms with Crippen LogP contribution in [0.3, 0.4) is 0 Å². The first-order valence-electron chi connectivity index (χ1n) is 12.6. The summed E-state index contributed by atoms with van der Waals surface area (Å²) in [5.74, 6) is -1.01. The number of carboxylic acids is 1. The van der Waals surface area contributed by atoms with E-state index in [2.05, 4.69) is 9.88 Å². The minimum atomic E-state index is -1.01. The van der Waals surface area contributed by atoms with Gasteiger partial charge in [-0.25, -0.2) is 4.98 Å². The Morgan fingerprint density at radius 3 is 2.19 bits per heavy atom. The Kier molecular flexibility index (Phi) is 6.31. The second-order valence-corrected chi connectivity index (χ2v) is 10.1. The summed E-state index contributed by atoms with van der Waals surface area (Å²) in [5.41, 5.74) is 1.50. The van der Waals surface area contributed by atoms with E-state index in [-0.39, 0.29) is 23.7 Å². The van der Waals surface area contributed by atoms with Gasteiger partial charge in [0.25, 0.3) is 5.56 Å². The quantitative estimate of drug-likeness (QED) is 0.751. The lowest BCUT2D eigenvalue weighted by Crippen LogP contribution is -2.57. The summed E-state index contributed by atoms with van der Waals surface area (Å²) in [6.07, 6.45) is 14.8. The second kappa shape index (κ2) is 9.34. The van der Waals surface area contributed by atoms with Crippen LogP contribution in [0.5, 0.6) is 0 Å². The number of piperidine rings is 2. The van der Waals surface area contributed by atoms with Crippen molar-refractivity contribution in [2.45, 2.75) is 108 Å². The molecule has 6 nitrogen and oxygen atoms in total. The first kappa shape index (κ1) is 21.6. The van der Waals surface area contributed by atoms with Crippen molar-refractivity contribution < 1.29 is 9.90 Å². The predicted molar refractivity (Wildman–Crippen MR) is 125 cm³/mol. The molecule has 3 fully saturated rings. The minimum absolute atomic E-state index is 0.114. The lowest BCUT2D eigenvalue weighted by molar-refractivity contribution is -0.136. The van der Waals surface area contributed by atoms with Gasteiger partial charge in [0.05, 0.1) is 17.5 Å². The van der Waals surface area contributed by atoms with E-state index in [1.165, 1.54) is 64.2 Å². The van der Waals surface area contributed by atoms with Crippen LogP contribution in [-0.2, 0) is 11.2 Å². The predicted octanol–water partition coefficient (Wildman–Crippen LogP) is 4.69. The maximum atomic E-state index is 13.4. The van der Waals surface area contributed by atoms with Crippen molar-refractivity contribution in [3.8, 4) is 0 Å². The van der Waals surface area contributed by atoms with Gasteiger partial charge >= 0.3 is 5.97 Å². The molecule has 32 heavy (non-hydrogen) atoms. The Morgan fingerprint density at radius 2 is 1.50 bits per heavy atom. The van der Waals surface area contributed by atoms with Gasteiger partial charge in [0, 0.05) is 24.2 Å². The topological polar surface area (TPSA) is 75.4 Å². The van der Waals surface area contributed by atoms with Gasteiger partial charge in [-0.15, -0.1) is 0 Å². The van der Waals surface area contributed by atoms with Crippen molar-refractivity contribution in [2.24, 2.45) is 0 Å². The summed E-state index contributed by atoms with van der Waals surface area (Å²) in [7, 11) is 0. The molecular formula is C26H35N3O3. The van der Waals surface area contributed by atoms with Crippen molar-refractivity contribution in [3.05, 3.63) is 40.3 Å². The monoisotopic (exact) mass is 437 g/mol. The normalized spacial score (nSPS) is 27.7. The van der Waals surface area contributed by atoms with Crippen molar-refractivity contribution >= 4 is 17.0 Å². The summed E-state index contributed by atoms with van der Waals surface area (Å²) in [5, 5.41) is 9.32. The molecule has 0 radical (unpaired) electrons. The lowest BCUT2D eigenvalue weighted by Gasteiger charge is -2.53. The molecule has 6 heteroatoms. The van der Waals surface area contributed by atoms with Crippen LogP contribution in [0.2, 0.25) is 0 Å². The number of hydrogen-bond acceptors (Lipinski definition) is 4. The third kappa shape index (κ3) is 4.21. The highest BCUT2D eigenvalue weighted by Crippen LogP contribution is 2.42. The number of aliphatic carboxylic acids is 1. The summed E-state index contributed by atoms with van der Waals surface area (Å²) in [4.78, 5) is 32.1. The van der Waals surface area contributed by atoms with Crippen molar-refractivity contribution in [3.63, 3.8) is 0 Å². The van der Waals surface area contributed by atoms with Gasteiger partial charge in [-0.1, -0.05) is 50.7 Å². The van der Waals surface area contributed by atoms with Gasteiger partial charge in [-0.3, -0.25) is 14.5 Å². The van der Waals surface area contributed by atoms with E-state index >= 15 is 0 Å². The molecule has 1 unspecified atom stereocenters. The molecule has 1 saturated carbocycles. The number of hydrogen-bond donors (Lipinski definition) is 1. The average Bonchev–Trinajstić information content (AvgIpc) is 2.73. The zero-order valence-electron chi connectivity index (χ0n) is 18.9. The van der Waals surface area contributed by atoms with Crippen molar-refractivity contribution in [1.29, 1.82) is 0 Å². The second-order valence-electron chi connectivity index (χ2n) is 10.1. The molecule has 1 aromatic heterocycles. The van der Waals surface area contributed by atoms with Gasteiger partial charge < -0.3 is 9.67 Å². The molecule has 2 aliphatic heterocycles. The highest BCUT2D eigenvalue weighted by atomic mass is 16.4. The molecule has 2 aromatic rings. The van der Waals surface area contributed by atoms with E-state index in [4.69, 9.17) is 0 Å². The average molecular weight is 438 g/mol. The third-order valence-corrected chi connectivity index (χ3v) is 8.05. The van der Waals surface area contributed by atoms with Crippen LogP contribution >= 0.6 is 0 Å². The number of carboxylic acid groups (broad SMARTS) is 1. The zero-order chi connectivity index (χ0) is 22.1. The van der Waals surface area contributed by atoms with Crippen LogP contribution in [0.1, 0.15) is 88.8 Å². The molecule has 1 aliphatic carbocycles. The molecule has 172 valence electrons. The molecule has 1 aromatic carbocycles. The summed E-state index contributed by atoms with van der Waals surface area (Å²) >= 11 is 0. The molecule has 2 bridgehead atoms. The van der Waals surface area contributed by atoms with Crippen LogP contribution < -0.4 is 5.56 Å². The summed E-state index contributed by atoms with van der Waals surface area (Å²) < 4.78 is 1.90. The molecule has 1 N–H and O–H groups in total. The molecule has 3 aliphatic rings. The maximum absolute atomic E-state index is 13.4. The summed E-state index contributed by atoms with van der Waals surface area (Å²) in [6, 6.07) is 9.56. The Labute approximate surface area is 189 Å². The number of carbonyl (C=O) groups is 1. The first-order chi connectivity index (χ1) is 15.6. The van der Waals surface area contributed by atoms with Crippen molar-refractivity contribution in [2.75, 3.05) is 0 Å². The Hall–Kier alpha value is -2.21. The number of aromatic nitrogens is 2. The van der Waals surface area contributed by atoms with E-state index < -0.39 is 5.97 Å². The third-order valence-electron chi connectivity index (χ3n) is 8.05. The zero-order valence-corrected chi connectivity index (χ0v) is 18.9. The minimum Gasteiger partial charge on any atom is -0.481 e. The number of benzene rings is 1. The fourth-order valence-corrected chi connectivity index (χ4v) is 6.75. The van der Waals surface area contributed by atoms with Crippen LogP contribution in [0.25, 0.3) is 11.0 Å². The standard InChI is InChI=1S/C26H35N3O3/c30-25(31)17-23-26(32)29(24-14-7-6-13-22(24)27-23)21-15-19-11-8-12-20(16-21)28(19)18-9-4-2-1-3-5-10-18/h6-7,13-14,18-21H,1-5,8-12,15-17H2,(H,30,31)/t19-,20+,21?. The van der Waals surface area contributed by atoms with Crippen LogP contribution in [0.4, 0.5) is 0 Å². The molecular weight excluding hydrogens is 402 g/mol. The number of rotatable bonds is 4. The van der Waals surface area contributed by atoms with E-state index in [9.17, 15) is 14.7 Å². The van der Waals surface area contributed by atoms with Crippen molar-refractivity contribution in [1.82, 2.24) is 14.5 Å². The SMILES string of the molecule is O=C(O)Cc1nc2ccccc2n(C2C[C@H]3CCC[C@@H](C2)N3C2CCCCCCC2)c1=O. The highest BCUT2D eigenvalue weighted by molar-refractivity contribution is 5.76. The smallest absolute Gasteiger partial charge is 0.309 e. The van der Waals surface area contributed by atoms with Crippen LogP contribution in [0.15, 0.2) is 29.1 Å². The molecule has 0 spiro atoms. The van der Waals surface area contributed by atoms with E-state index in [1.807, 2.05) is 28.8 Å². The molecule has 3 atom stereocenters. The fourth-order valence-electron chi connectivity index (χ4n) is 6.75. The number of fused-ring (bicyclic) bond motifs is 3. The van der Waals surface area contributed by atoms with Gasteiger partial charge in [0.1, 0.15) is 5.69 Å². The molecule has 3 heterocycles. The maximum Gasteiger partial charge on any atom is 0.309 e. The Bertz CT molecular complexity index is 1010. The Morgan fingerprint density at radius 1 is 0.875 bits per heavy atom. The molecule has 2 saturated heterocycles. The van der Waals surface area contributed by atoms with E-state index in [1.54, 1.807) is 0 Å². The van der Waals surface area contributed by atoms with Crippen LogP contribution in [0, 0.1) is 0 Å². The lowest BCUT2D eigenvalue weighted by atomic mass is 9.79. The first-order valence-corrected chi connectivity index (χ1v) is 12.6. The molecule has 0 amide bonds. The van der Waals surface area contributed by atoms with E-state index in [0.717, 1.165) is 23.9 Å². The summed E-state index contributed by atoms with van der Waals surface area (Å²) in [6.45, 7) is 0. The largest absolute Gasteiger partial charge is 0.481 e. The van der Waals surface area contributed by atoms with E-state index in [0.29, 0.717) is 18.1 Å². The van der Waals surface area contributed by atoms with Gasteiger partial charge in [-0.05, 0) is 50.7 Å².